The Morgan fingerprint density at radius 2 is 2.38 bits per heavy atom. The Bertz CT molecular complexity index is 269. The molecule has 0 spiro atoms. The minimum absolute atomic E-state index is 0.0795. The molecule has 13 heavy (non-hydrogen) atoms. The van der Waals surface area contributed by atoms with Gasteiger partial charge in [0.25, 0.3) is 0 Å². The van der Waals surface area contributed by atoms with E-state index in [2.05, 4.69) is 4.98 Å². The smallest absolute Gasteiger partial charge is 0.127 e. The Morgan fingerprint density at radius 1 is 1.62 bits per heavy atom. The zero-order valence-corrected chi connectivity index (χ0v) is 7.86. The van der Waals surface area contributed by atoms with Crippen molar-refractivity contribution in [3.8, 4) is 0 Å². The van der Waals surface area contributed by atoms with Crippen LogP contribution in [0.3, 0.4) is 0 Å². The number of carbonyl (C=O) groups excluding carboxylic acids is 1. The molecule has 3 heteroatoms. The van der Waals surface area contributed by atoms with E-state index in [1.807, 2.05) is 19.1 Å². The molecule has 0 fully saturated rings. The number of ether oxygens (including phenoxy) is 1. The average Bonchev–Trinajstić information content (AvgIpc) is 2.18. The molecule has 1 heterocycles. The topological polar surface area (TPSA) is 39.2 Å². The number of nitrogens with zero attached hydrogens (tertiary/aromatic N) is 1. The molecule has 0 amide bonds. The Balaban J connectivity index is 2.74. The highest BCUT2D eigenvalue weighted by Gasteiger charge is 2.03. The predicted octanol–water partition coefficient (Wildman–Crippen LogP) is 1.53. The molecule has 0 radical (unpaired) electrons. The molecule has 70 valence electrons. The number of aromatic nitrogens is 1. The number of methoxy groups -OCH3 is 1. The van der Waals surface area contributed by atoms with Gasteiger partial charge in [-0.15, -0.1) is 0 Å². The minimum atomic E-state index is -0.0795. The summed E-state index contributed by atoms with van der Waals surface area (Å²) >= 11 is 0. The van der Waals surface area contributed by atoms with Crippen molar-refractivity contribution in [3.05, 3.63) is 29.6 Å². The Labute approximate surface area is 77.8 Å². The molecule has 0 saturated carbocycles. The normalized spacial score (nSPS) is 12.5. The van der Waals surface area contributed by atoms with Crippen molar-refractivity contribution in [2.45, 2.75) is 19.4 Å². The molecule has 0 aliphatic carbocycles. The highest BCUT2D eigenvalue weighted by Crippen LogP contribution is 2.11. The van der Waals surface area contributed by atoms with Gasteiger partial charge in [0, 0.05) is 19.2 Å². The van der Waals surface area contributed by atoms with Gasteiger partial charge in [-0.1, -0.05) is 13.0 Å². The van der Waals surface area contributed by atoms with E-state index >= 15 is 0 Å². The fraction of sp³-hybridized carbons (Fsp3) is 0.400. The van der Waals surface area contributed by atoms with Crippen LogP contribution in [0.5, 0.6) is 0 Å². The van der Waals surface area contributed by atoms with Gasteiger partial charge in [0.1, 0.15) is 6.29 Å². The van der Waals surface area contributed by atoms with E-state index in [1.54, 1.807) is 13.3 Å². The number of aldehydes is 1. The molecular weight excluding hydrogens is 166 g/mol. The van der Waals surface area contributed by atoms with Crippen LogP contribution in [0.25, 0.3) is 0 Å². The van der Waals surface area contributed by atoms with Crippen LogP contribution in [0.4, 0.5) is 0 Å². The summed E-state index contributed by atoms with van der Waals surface area (Å²) in [5.41, 5.74) is 1.82. The van der Waals surface area contributed by atoms with E-state index in [0.717, 1.165) is 17.5 Å². The molecule has 0 bridgehead atoms. The van der Waals surface area contributed by atoms with Crippen molar-refractivity contribution in [1.82, 2.24) is 4.98 Å². The monoisotopic (exact) mass is 179 g/mol. The van der Waals surface area contributed by atoms with Gasteiger partial charge in [-0.2, -0.15) is 0 Å². The van der Waals surface area contributed by atoms with E-state index in [-0.39, 0.29) is 5.92 Å². The van der Waals surface area contributed by atoms with Crippen LogP contribution in [0.2, 0.25) is 0 Å². The highest BCUT2D eigenvalue weighted by molar-refractivity contribution is 5.60. The molecule has 0 saturated heterocycles. The van der Waals surface area contributed by atoms with Gasteiger partial charge in [0.2, 0.25) is 0 Å². The maximum Gasteiger partial charge on any atom is 0.127 e. The van der Waals surface area contributed by atoms with E-state index in [9.17, 15) is 4.79 Å². The largest absolute Gasteiger partial charge is 0.378 e. The summed E-state index contributed by atoms with van der Waals surface area (Å²) in [6.07, 6.45) is 2.63. The molecule has 0 aliphatic heterocycles. The Hall–Kier alpha value is -1.22. The molecule has 0 aliphatic rings. The third kappa shape index (κ3) is 2.63. The van der Waals surface area contributed by atoms with Crippen molar-refractivity contribution < 1.29 is 9.53 Å². The number of hydrogen-bond donors (Lipinski definition) is 0. The number of hydrogen-bond acceptors (Lipinski definition) is 3. The first-order valence-electron chi connectivity index (χ1n) is 4.17. The molecule has 1 atom stereocenters. The lowest BCUT2D eigenvalue weighted by Gasteiger charge is -2.04. The molecular formula is C10H13NO2. The Morgan fingerprint density at radius 3 is 2.85 bits per heavy atom. The van der Waals surface area contributed by atoms with Gasteiger partial charge >= 0.3 is 0 Å². The lowest BCUT2D eigenvalue weighted by molar-refractivity contribution is -0.108. The van der Waals surface area contributed by atoms with Gasteiger partial charge in [-0.25, -0.2) is 0 Å². The first-order chi connectivity index (χ1) is 6.27. The van der Waals surface area contributed by atoms with Gasteiger partial charge in [-0.05, 0) is 11.6 Å². The fourth-order valence-corrected chi connectivity index (χ4v) is 1.02. The van der Waals surface area contributed by atoms with E-state index < -0.39 is 0 Å². The highest BCUT2D eigenvalue weighted by atomic mass is 16.5. The van der Waals surface area contributed by atoms with Crippen LogP contribution < -0.4 is 0 Å². The van der Waals surface area contributed by atoms with Crippen molar-refractivity contribution >= 4 is 6.29 Å². The molecule has 0 aromatic carbocycles. The summed E-state index contributed by atoms with van der Waals surface area (Å²) in [5, 5.41) is 0. The predicted molar refractivity (Wildman–Crippen MR) is 49.4 cm³/mol. The lowest BCUT2D eigenvalue weighted by atomic mass is 10.1. The third-order valence-electron chi connectivity index (χ3n) is 1.87. The maximum atomic E-state index is 10.5. The standard InChI is InChI=1S/C10H13NO2/c1-8(6-12)9-3-4-10(7-13-2)11-5-9/h3-6,8H,7H2,1-2H3. The average molecular weight is 179 g/mol. The van der Waals surface area contributed by atoms with Gasteiger partial charge in [-0.3, -0.25) is 4.98 Å². The molecule has 3 nitrogen and oxygen atoms in total. The van der Waals surface area contributed by atoms with E-state index in [1.165, 1.54) is 0 Å². The van der Waals surface area contributed by atoms with Crippen LogP contribution in [0.15, 0.2) is 18.3 Å². The number of carbonyl (C=O) groups is 1. The summed E-state index contributed by atoms with van der Waals surface area (Å²) in [6.45, 7) is 2.36. The second kappa shape index (κ2) is 4.72. The lowest BCUT2D eigenvalue weighted by Crippen LogP contribution is -1.97. The van der Waals surface area contributed by atoms with Crippen molar-refractivity contribution in [2.75, 3.05) is 7.11 Å². The van der Waals surface area contributed by atoms with Crippen molar-refractivity contribution in [2.24, 2.45) is 0 Å². The first kappa shape index (κ1) is 9.86. The Kier molecular flexibility index (Phi) is 3.58. The zero-order valence-electron chi connectivity index (χ0n) is 7.86. The molecule has 0 N–H and O–H groups in total. The zero-order chi connectivity index (χ0) is 9.68. The van der Waals surface area contributed by atoms with Crippen LogP contribution in [-0.2, 0) is 16.1 Å². The summed E-state index contributed by atoms with van der Waals surface area (Å²) < 4.78 is 4.92. The minimum Gasteiger partial charge on any atom is -0.378 e. The van der Waals surface area contributed by atoms with Crippen molar-refractivity contribution in [1.29, 1.82) is 0 Å². The van der Waals surface area contributed by atoms with E-state index in [0.29, 0.717) is 6.61 Å². The van der Waals surface area contributed by atoms with Gasteiger partial charge in [0.05, 0.1) is 12.3 Å². The van der Waals surface area contributed by atoms with Gasteiger partial charge < -0.3 is 9.53 Å². The maximum absolute atomic E-state index is 10.5. The quantitative estimate of drug-likeness (QED) is 0.658. The second-order valence-corrected chi connectivity index (χ2v) is 2.94. The number of pyridine rings is 1. The summed E-state index contributed by atoms with van der Waals surface area (Å²) in [6, 6.07) is 3.78. The van der Waals surface area contributed by atoms with Crippen LogP contribution in [-0.4, -0.2) is 18.4 Å². The molecule has 1 aromatic rings. The second-order valence-electron chi connectivity index (χ2n) is 2.94. The fourth-order valence-electron chi connectivity index (χ4n) is 1.02. The van der Waals surface area contributed by atoms with Crippen molar-refractivity contribution in [3.63, 3.8) is 0 Å². The molecule has 1 aromatic heterocycles. The molecule has 1 rings (SSSR count). The number of rotatable bonds is 4. The van der Waals surface area contributed by atoms with Gasteiger partial charge in [0.15, 0.2) is 0 Å². The van der Waals surface area contributed by atoms with Crippen LogP contribution >= 0.6 is 0 Å². The molecule has 1 unspecified atom stereocenters. The summed E-state index contributed by atoms with van der Waals surface area (Å²) in [5.74, 6) is -0.0795. The van der Waals surface area contributed by atoms with Crippen LogP contribution in [0.1, 0.15) is 24.1 Å². The SMILES string of the molecule is COCc1ccc(C(C)C=O)cn1. The first-order valence-corrected chi connectivity index (χ1v) is 4.17. The summed E-state index contributed by atoms with van der Waals surface area (Å²) in [7, 11) is 1.63. The third-order valence-corrected chi connectivity index (χ3v) is 1.87. The van der Waals surface area contributed by atoms with Crippen LogP contribution in [0, 0.1) is 0 Å². The summed E-state index contributed by atoms with van der Waals surface area (Å²) in [4.78, 5) is 14.6. The van der Waals surface area contributed by atoms with E-state index in [4.69, 9.17) is 4.74 Å².